The second-order valence-corrected chi connectivity index (χ2v) is 16.4. The van der Waals surface area contributed by atoms with Crippen LogP contribution in [0.25, 0.3) is 0 Å². The number of hydrogen-bond donors (Lipinski definition) is 0. The summed E-state index contributed by atoms with van der Waals surface area (Å²) in [5, 5.41) is 0. The number of nitrogens with zero attached hydrogens (tertiary/aromatic N) is 1. The predicted octanol–water partition coefficient (Wildman–Crippen LogP) is 2.33. The highest BCUT2D eigenvalue weighted by molar-refractivity contribution is 6.21. The molecule has 1 aliphatic carbocycles. The first-order valence-corrected chi connectivity index (χ1v) is 21.4. The number of rotatable bonds is 13. The Balaban J connectivity index is 1.12. The van der Waals surface area contributed by atoms with E-state index in [0.29, 0.717) is 0 Å². The monoisotopic (exact) mass is 925 g/mol. The number of amides is 2. The van der Waals surface area contributed by atoms with Crippen molar-refractivity contribution in [1.29, 1.82) is 0 Å². The van der Waals surface area contributed by atoms with E-state index in [0.717, 1.165) is 39.7 Å². The summed E-state index contributed by atoms with van der Waals surface area (Å²) in [6.45, 7) is 5.14. The van der Waals surface area contributed by atoms with Crippen molar-refractivity contribution >= 4 is 47.6 Å². The average molecular weight is 926 g/mol. The van der Waals surface area contributed by atoms with Gasteiger partial charge in [-0.3, -0.25) is 33.7 Å². The zero-order chi connectivity index (χ0) is 47.4. The third kappa shape index (κ3) is 10.4. The van der Waals surface area contributed by atoms with Gasteiger partial charge in [-0.2, -0.15) is 0 Å². The topological polar surface area (TPSA) is 251 Å². The first-order valence-electron chi connectivity index (χ1n) is 21.4. The third-order valence-electron chi connectivity index (χ3n) is 11.7. The Hall–Kier alpha value is -5.84. The number of ether oxygens (including phenoxy) is 12. The van der Waals surface area contributed by atoms with E-state index in [1.54, 1.807) is 30.3 Å². The molecule has 2 aromatic rings. The van der Waals surface area contributed by atoms with E-state index in [2.05, 4.69) is 0 Å². The molecule has 1 saturated carbocycles. The van der Waals surface area contributed by atoms with Crippen LogP contribution in [0.2, 0.25) is 0 Å². The van der Waals surface area contributed by atoms with Crippen molar-refractivity contribution in [1.82, 2.24) is 4.90 Å². The summed E-state index contributed by atoms with van der Waals surface area (Å²) in [6.07, 6.45) is -12.2. The Labute approximate surface area is 378 Å². The molecule has 7 rings (SSSR count). The van der Waals surface area contributed by atoms with Crippen LogP contribution in [0.1, 0.15) is 91.4 Å². The molecule has 21 heteroatoms. The van der Waals surface area contributed by atoms with Crippen molar-refractivity contribution < 1.29 is 95.2 Å². The zero-order valence-electron chi connectivity index (χ0n) is 37.0. The minimum Gasteiger partial charge on any atom is -0.465 e. The molecular weight excluding hydrogens is 874 g/mol. The van der Waals surface area contributed by atoms with Crippen molar-refractivity contribution in [3.63, 3.8) is 0 Å². The Morgan fingerprint density at radius 3 is 1.77 bits per heavy atom. The Morgan fingerprint density at radius 1 is 0.667 bits per heavy atom. The largest absolute Gasteiger partial charge is 0.465 e. The Bertz CT molecular complexity index is 2140. The smallest absolute Gasteiger partial charge is 0.366 e. The number of esters is 6. The lowest BCUT2D eigenvalue weighted by molar-refractivity contribution is -0.383. The molecule has 0 N–H and O–H groups in total. The minimum absolute atomic E-state index is 0.0794. The molecule has 0 aromatic heterocycles. The van der Waals surface area contributed by atoms with E-state index in [1.165, 1.54) is 31.2 Å². The number of benzene rings is 2. The highest BCUT2D eigenvalue weighted by Crippen LogP contribution is 2.40. The van der Waals surface area contributed by atoms with Gasteiger partial charge in [-0.25, -0.2) is 9.59 Å². The molecule has 21 nitrogen and oxygen atoms in total. The molecule has 0 spiro atoms. The van der Waals surface area contributed by atoms with E-state index >= 15 is 0 Å². The molecule has 66 heavy (non-hydrogen) atoms. The quantitative estimate of drug-likeness (QED) is 0.159. The van der Waals surface area contributed by atoms with Crippen LogP contribution in [0.15, 0.2) is 54.6 Å². The fourth-order valence-corrected chi connectivity index (χ4v) is 8.74. The Kier molecular flexibility index (Phi) is 14.8. The van der Waals surface area contributed by atoms with Gasteiger partial charge < -0.3 is 56.8 Å². The highest BCUT2D eigenvalue weighted by atomic mass is 16.8. The van der Waals surface area contributed by atoms with E-state index in [1.807, 2.05) is 0 Å². The molecule has 1 unspecified atom stereocenters. The van der Waals surface area contributed by atoms with Crippen molar-refractivity contribution in [2.24, 2.45) is 0 Å². The van der Waals surface area contributed by atoms with Crippen molar-refractivity contribution in [3.05, 3.63) is 71.3 Å². The summed E-state index contributed by atoms with van der Waals surface area (Å²) in [7, 11) is 1.15. The van der Waals surface area contributed by atoms with Crippen molar-refractivity contribution in [3.8, 4) is 0 Å². The van der Waals surface area contributed by atoms with Crippen LogP contribution < -0.4 is 0 Å². The van der Waals surface area contributed by atoms with Crippen molar-refractivity contribution in [2.75, 3.05) is 20.3 Å². The standard InChI is InChI=1S/C45H51NO20/c1-22(47)56-20-31-34(58-23(2)48)36(59-24(3)49)33(46-39(51)29-14-10-11-15-30(29)40(46)52)42(63-31)61-27-16-18-28(19-17-27)62-43-38(60-25(4)50)37(65-41(53)26-12-8-7-9-13-26)35-32(64-43)21-57-45(5,66-35)44(54)55-6/h7-15,27-28,31-38,42-43H,16-21H2,1-6H3/t27?,28?,31-,32-,33-,34-,35+,36-,37+,38-,42-,43-,45?/m1/s1. The molecule has 5 aliphatic rings. The third-order valence-corrected chi connectivity index (χ3v) is 11.7. The SMILES string of the molecule is COC(=O)C1(C)OC[C@H]2O[C@@H](OC3CCC(O[C@@H]4O[C@H](COC(C)=O)[C@@H](OC(C)=O)[C@H](OC(C)=O)[C@H]4N4C(=O)c5ccccc5C4=O)CC3)[C@H](OC(C)=O)[C@@H](OC(=O)c3ccccc3)[C@H]2O1. The number of methoxy groups -OCH3 is 1. The van der Waals surface area contributed by atoms with Crippen LogP contribution in [0.5, 0.6) is 0 Å². The predicted molar refractivity (Wildman–Crippen MR) is 216 cm³/mol. The summed E-state index contributed by atoms with van der Waals surface area (Å²) in [5.41, 5.74) is 0.346. The van der Waals surface area contributed by atoms with Gasteiger partial charge in [0.05, 0.1) is 42.6 Å². The van der Waals surface area contributed by atoms with Gasteiger partial charge in [0.15, 0.2) is 37.0 Å². The molecule has 4 aliphatic heterocycles. The van der Waals surface area contributed by atoms with Crippen LogP contribution in [0.3, 0.4) is 0 Å². The van der Waals surface area contributed by atoms with E-state index in [-0.39, 0.29) is 49.0 Å². The number of hydrogen-bond acceptors (Lipinski definition) is 20. The second-order valence-electron chi connectivity index (χ2n) is 16.4. The van der Waals surface area contributed by atoms with Gasteiger partial charge >= 0.3 is 35.8 Å². The van der Waals surface area contributed by atoms with Gasteiger partial charge in [0.25, 0.3) is 17.6 Å². The van der Waals surface area contributed by atoms with Crippen LogP contribution >= 0.6 is 0 Å². The second kappa shape index (κ2) is 20.4. The van der Waals surface area contributed by atoms with Gasteiger partial charge in [-0.05, 0) is 49.9 Å². The van der Waals surface area contributed by atoms with Crippen LogP contribution in [-0.2, 0) is 80.8 Å². The van der Waals surface area contributed by atoms with Gasteiger partial charge in [0.1, 0.15) is 31.0 Å². The minimum atomic E-state index is -1.93. The molecular formula is C45H51NO20. The molecule has 0 radical (unpaired) electrons. The lowest BCUT2D eigenvalue weighted by Gasteiger charge is -2.50. The first-order chi connectivity index (χ1) is 31.5. The average Bonchev–Trinajstić information content (AvgIpc) is 3.53. The summed E-state index contributed by atoms with van der Waals surface area (Å²) in [4.78, 5) is 105. The fourth-order valence-electron chi connectivity index (χ4n) is 8.74. The molecule has 4 heterocycles. The summed E-state index contributed by atoms with van der Waals surface area (Å²) >= 11 is 0. The normalized spacial score (nSPS) is 32.8. The lowest BCUT2D eigenvalue weighted by Crippen LogP contribution is -2.68. The lowest BCUT2D eigenvalue weighted by atomic mass is 9.92. The van der Waals surface area contributed by atoms with E-state index in [4.69, 9.17) is 56.8 Å². The van der Waals surface area contributed by atoms with E-state index < -0.39 is 134 Å². The van der Waals surface area contributed by atoms with Gasteiger partial charge in [0.2, 0.25) is 0 Å². The summed E-state index contributed by atoms with van der Waals surface area (Å²) < 4.78 is 70.7. The molecule has 3 saturated heterocycles. The maximum atomic E-state index is 14.0. The molecule has 356 valence electrons. The number of carbonyl (C=O) groups excluding carboxylic acids is 8. The number of imide groups is 1. The molecule has 2 aromatic carbocycles. The zero-order valence-corrected chi connectivity index (χ0v) is 37.0. The van der Waals surface area contributed by atoms with Gasteiger partial charge in [-0.1, -0.05) is 30.3 Å². The van der Waals surface area contributed by atoms with Gasteiger partial charge in [0, 0.05) is 34.6 Å². The van der Waals surface area contributed by atoms with Crippen molar-refractivity contribution in [2.45, 2.75) is 140 Å². The number of fused-ring (bicyclic) bond motifs is 2. The van der Waals surface area contributed by atoms with E-state index in [9.17, 15) is 38.4 Å². The number of carbonyl (C=O) groups is 8. The molecule has 0 bridgehead atoms. The molecule has 2 amide bonds. The summed E-state index contributed by atoms with van der Waals surface area (Å²) in [5.74, 6) is -8.15. The maximum Gasteiger partial charge on any atom is 0.366 e. The summed E-state index contributed by atoms with van der Waals surface area (Å²) in [6, 6.07) is 12.7. The maximum absolute atomic E-state index is 14.0. The first kappa shape index (κ1) is 48.1. The van der Waals surface area contributed by atoms with Crippen LogP contribution in [0, 0.1) is 0 Å². The highest BCUT2D eigenvalue weighted by Gasteiger charge is 2.60. The Morgan fingerprint density at radius 2 is 1.21 bits per heavy atom. The van der Waals surface area contributed by atoms with Gasteiger partial charge in [-0.15, -0.1) is 0 Å². The fraction of sp³-hybridized carbons (Fsp3) is 0.556. The molecule has 11 atom stereocenters. The van der Waals surface area contributed by atoms with Crippen LogP contribution in [0.4, 0.5) is 0 Å². The van der Waals surface area contributed by atoms with Crippen LogP contribution in [-0.4, -0.2) is 152 Å². The molecule has 4 fully saturated rings.